The maximum Gasteiger partial charge on any atom is 0.326 e. The SMILES string of the molecule is CC(NC(=O)C(NC(=O)C(N)Cc1cnc[nH]1)C(C)C)C(=O)NC(C(=O)O)C(C)C. The molecule has 30 heavy (non-hydrogen) atoms. The lowest BCUT2D eigenvalue weighted by Gasteiger charge is -2.26. The van der Waals surface area contributed by atoms with Crippen LogP contribution >= 0.6 is 0 Å². The summed E-state index contributed by atoms with van der Waals surface area (Å²) in [5.41, 5.74) is 6.59. The van der Waals surface area contributed by atoms with Crippen LogP contribution in [0, 0.1) is 11.8 Å². The minimum Gasteiger partial charge on any atom is -0.480 e. The first-order chi connectivity index (χ1) is 13.9. The summed E-state index contributed by atoms with van der Waals surface area (Å²) in [6.07, 6.45) is 3.26. The molecule has 1 aromatic heterocycles. The van der Waals surface area contributed by atoms with Crippen LogP contribution in [0.15, 0.2) is 12.5 Å². The van der Waals surface area contributed by atoms with E-state index in [0.29, 0.717) is 5.69 Å². The second-order valence-electron chi connectivity index (χ2n) is 7.92. The molecule has 1 rings (SSSR count). The van der Waals surface area contributed by atoms with Crippen molar-refractivity contribution >= 4 is 23.7 Å². The Balaban J connectivity index is 2.70. The minimum atomic E-state index is -1.16. The molecule has 1 heterocycles. The molecule has 11 nitrogen and oxygen atoms in total. The number of hydrogen-bond acceptors (Lipinski definition) is 6. The quantitative estimate of drug-likeness (QED) is 0.268. The highest BCUT2D eigenvalue weighted by molar-refractivity contribution is 5.94. The van der Waals surface area contributed by atoms with Gasteiger partial charge < -0.3 is 31.8 Å². The van der Waals surface area contributed by atoms with Crippen molar-refractivity contribution < 1.29 is 24.3 Å². The van der Waals surface area contributed by atoms with E-state index in [9.17, 15) is 24.3 Å². The van der Waals surface area contributed by atoms with Gasteiger partial charge in [0, 0.05) is 18.3 Å². The number of carboxylic acid groups (broad SMARTS) is 1. The fourth-order valence-electron chi connectivity index (χ4n) is 2.68. The molecule has 0 aliphatic heterocycles. The number of carbonyl (C=O) groups is 4. The van der Waals surface area contributed by atoms with E-state index in [2.05, 4.69) is 25.9 Å². The van der Waals surface area contributed by atoms with Crippen LogP contribution in [-0.2, 0) is 25.6 Å². The Morgan fingerprint density at radius 2 is 1.53 bits per heavy atom. The largest absolute Gasteiger partial charge is 0.480 e. The van der Waals surface area contributed by atoms with Gasteiger partial charge in [0.2, 0.25) is 17.7 Å². The number of imidazole rings is 1. The van der Waals surface area contributed by atoms with Crippen molar-refractivity contribution in [1.29, 1.82) is 0 Å². The van der Waals surface area contributed by atoms with Crippen LogP contribution in [0.2, 0.25) is 0 Å². The van der Waals surface area contributed by atoms with E-state index < -0.39 is 47.9 Å². The fraction of sp³-hybridized carbons (Fsp3) is 0.632. The molecule has 0 aromatic carbocycles. The van der Waals surface area contributed by atoms with Crippen LogP contribution in [0.5, 0.6) is 0 Å². The average molecular weight is 425 g/mol. The molecular weight excluding hydrogens is 392 g/mol. The Labute approximate surface area is 175 Å². The van der Waals surface area contributed by atoms with Crippen molar-refractivity contribution in [3.05, 3.63) is 18.2 Å². The Morgan fingerprint density at radius 1 is 0.967 bits per heavy atom. The van der Waals surface area contributed by atoms with Crippen LogP contribution in [0.1, 0.15) is 40.3 Å². The second-order valence-corrected chi connectivity index (χ2v) is 7.92. The smallest absolute Gasteiger partial charge is 0.326 e. The molecule has 0 spiro atoms. The van der Waals surface area contributed by atoms with Gasteiger partial charge in [-0.3, -0.25) is 14.4 Å². The lowest BCUT2D eigenvalue weighted by molar-refractivity contribution is -0.143. The molecule has 1 aromatic rings. The van der Waals surface area contributed by atoms with E-state index >= 15 is 0 Å². The highest BCUT2D eigenvalue weighted by Gasteiger charge is 2.30. The Morgan fingerprint density at radius 3 is 2.00 bits per heavy atom. The van der Waals surface area contributed by atoms with Crippen molar-refractivity contribution in [2.24, 2.45) is 17.6 Å². The predicted octanol–water partition coefficient (Wildman–Crippen LogP) is -0.850. The Kier molecular flexibility index (Phi) is 9.44. The van der Waals surface area contributed by atoms with Crippen LogP contribution < -0.4 is 21.7 Å². The van der Waals surface area contributed by atoms with Gasteiger partial charge in [-0.25, -0.2) is 9.78 Å². The van der Waals surface area contributed by atoms with Gasteiger partial charge >= 0.3 is 5.97 Å². The zero-order valence-corrected chi connectivity index (χ0v) is 17.9. The van der Waals surface area contributed by atoms with Crippen molar-refractivity contribution in [3.8, 4) is 0 Å². The highest BCUT2D eigenvalue weighted by atomic mass is 16.4. The maximum atomic E-state index is 12.6. The monoisotopic (exact) mass is 424 g/mol. The molecule has 0 saturated carbocycles. The summed E-state index contributed by atoms with van der Waals surface area (Å²) < 4.78 is 0. The van der Waals surface area contributed by atoms with E-state index in [1.54, 1.807) is 33.9 Å². The Bertz CT molecular complexity index is 734. The molecule has 4 atom stereocenters. The third kappa shape index (κ3) is 7.47. The van der Waals surface area contributed by atoms with Crippen LogP contribution in [0.25, 0.3) is 0 Å². The summed E-state index contributed by atoms with van der Waals surface area (Å²) in [6, 6.07) is -3.86. The molecule has 0 bridgehead atoms. The van der Waals surface area contributed by atoms with Gasteiger partial charge in [-0.05, 0) is 18.8 Å². The van der Waals surface area contributed by atoms with Gasteiger partial charge in [0.25, 0.3) is 0 Å². The lowest BCUT2D eigenvalue weighted by Crippen LogP contribution is -2.58. The number of nitrogens with zero attached hydrogens (tertiary/aromatic N) is 1. The predicted molar refractivity (Wildman–Crippen MR) is 109 cm³/mol. The summed E-state index contributed by atoms with van der Waals surface area (Å²) in [6.45, 7) is 8.26. The number of hydrogen-bond donors (Lipinski definition) is 6. The number of H-pyrrole nitrogens is 1. The molecule has 4 unspecified atom stereocenters. The number of carboxylic acids is 1. The van der Waals surface area contributed by atoms with E-state index in [0.717, 1.165) is 0 Å². The fourth-order valence-corrected chi connectivity index (χ4v) is 2.68. The number of nitrogens with one attached hydrogen (secondary N) is 4. The van der Waals surface area contributed by atoms with Gasteiger partial charge in [0.15, 0.2) is 0 Å². The zero-order chi connectivity index (χ0) is 23.0. The van der Waals surface area contributed by atoms with Gasteiger partial charge in [0.1, 0.15) is 18.1 Å². The molecule has 0 fully saturated rings. The normalized spacial score (nSPS) is 15.2. The van der Waals surface area contributed by atoms with Crippen molar-refractivity contribution in [1.82, 2.24) is 25.9 Å². The van der Waals surface area contributed by atoms with Crippen LogP contribution in [0.3, 0.4) is 0 Å². The molecule has 7 N–H and O–H groups in total. The average Bonchev–Trinajstić information content (AvgIpc) is 3.15. The van der Waals surface area contributed by atoms with Crippen molar-refractivity contribution in [2.45, 2.75) is 65.2 Å². The molecular formula is C19H32N6O5. The van der Waals surface area contributed by atoms with Crippen molar-refractivity contribution in [3.63, 3.8) is 0 Å². The number of aromatic amines is 1. The number of amides is 3. The van der Waals surface area contributed by atoms with E-state index in [-0.39, 0.29) is 18.3 Å². The van der Waals surface area contributed by atoms with Gasteiger partial charge in [-0.1, -0.05) is 27.7 Å². The zero-order valence-electron chi connectivity index (χ0n) is 17.9. The summed E-state index contributed by atoms with van der Waals surface area (Å²) in [5.74, 6) is -3.46. The molecule has 3 amide bonds. The van der Waals surface area contributed by atoms with Crippen LogP contribution in [0.4, 0.5) is 0 Å². The number of nitrogens with two attached hydrogens (primary N) is 1. The molecule has 0 radical (unpaired) electrons. The highest BCUT2D eigenvalue weighted by Crippen LogP contribution is 2.06. The Hall–Kier alpha value is -2.95. The summed E-state index contributed by atoms with van der Waals surface area (Å²) in [5, 5.41) is 16.7. The topological polar surface area (TPSA) is 179 Å². The molecule has 0 saturated heterocycles. The molecule has 11 heteroatoms. The number of aromatic nitrogens is 2. The minimum absolute atomic E-state index is 0.225. The first-order valence-corrected chi connectivity index (χ1v) is 9.80. The van der Waals surface area contributed by atoms with Crippen LogP contribution in [-0.4, -0.2) is 62.9 Å². The van der Waals surface area contributed by atoms with E-state index in [1.165, 1.54) is 13.3 Å². The molecule has 168 valence electrons. The molecule has 0 aliphatic carbocycles. The third-order valence-electron chi connectivity index (χ3n) is 4.56. The second kappa shape index (κ2) is 11.3. The van der Waals surface area contributed by atoms with Crippen molar-refractivity contribution in [2.75, 3.05) is 0 Å². The number of carbonyl (C=O) groups excluding carboxylic acids is 3. The number of rotatable bonds is 11. The standard InChI is InChI=1S/C19H32N6O5/c1-9(2)14(24-17(27)13(20)6-12-7-21-8-22-12)18(28)23-11(5)16(26)25-15(10(3)4)19(29)30/h7-11,13-15H,6,20H2,1-5H3,(H,21,22)(H,23,28)(H,24,27)(H,25,26)(H,29,30). The van der Waals surface area contributed by atoms with E-state index in [1.807, 2.05) is 0 Å². The van der Waals surface area contributed by atoms with Gasteiger partial charge in [-0.2, -0.15) is 0 Å². The molecule has 0 aliphatic rings. The summed E-state index contributed by atoms with van der Waals surface area (Å²) in [7, 11) is 0. The van der Waals surface area contributed by atoms with E-state index in [4.69, 9.17) is 5.73 Å². The lowest BCUT2D eigenvalue weighted by atomic mass is 10.0. The maximum absolute atomic E-state index is 12.6. The number of aliphatic carboxylic acids is 1. The third-order valence-corrected chi connectivity index (χ3v) is 4.56. The summed E-state index contributed by atoms with van der Waals surface area (Å²) >= 11 is 0. The summed E-state index contributed by atoms with van der Waals surface area (Å²) in [4.78, 5) is 55.3. The van der Waals surface area contributed by atoms with Gasteiger partial charge in [0.05, 0.1) is 12.4 Å². The first kappa shape index (κ1) is 25.1. The van der Waals surface area contributed by atoms with Gasteiger partial charge in [-0.15, -0.1) is 0 Å². The first-order valence-electron chi connectivity index (χ1n) is 9.80.